The number of fused-ring (bicyclic) bond motifs is 10. The number of rotatable bonds is 5. The molecule has 2 aliphatic rings. The monoisotopic (exact) mass is 868 g/mol. The highest BCUT2D eigenvalue weighted by atomic mass is 14.4. The van der Waals surface area contributed by atoms with Gasteiger partial charge in [-0.3, -0.25) is 0 Å². The molecule has 0 atom stereocenters. The summed E-state index contributed by atoms with van der Waals surface area (Å²) in [5, 5.41) is 7.53. The second-order valence-corrected chi connectivity index (χ2v) is 20.6. The SMILES string of the molecule is Cc1cc(C)cc(-c2ccc3c(c2)c(-c2ccc4c(c2)C(C)(C)c2ccccc2-4)c(-c2ccc4c(c2)C(C)(C)c2ccccc2-4)c2cc(-c4cc5ccccc5cc4-c4ccccc4)ccc23)c1. The Morgan fingerprint density at radius 2 is 0.676 bits per heavy atom. The minimum atomic E-state index is -0.158. The highest BCUT2D eigenvalue weighted by molar-refractivity contribution is 6.23. The van der Waals surface area contributed by atoms with E-state index in [1.165, 1.54) is 144 Å². The highest BCUT2D eigenvalue weighted by Gasteiger charge is 2.37. The Labute approximate surface area is 400 Å². The van der Waals surface area contributed by atoms with Gasteiger partial charge in [-0.1, -0.05) is 209 Å². The summed E-state index contributed by atoms with van der Waals surface area (Å²) in [6, 6.07) is 78.7. The van der Waals surface area contributed by atoms with Crippen molar-refractivity contribution in [2.75, 3.05) is 0 Å². The molecule has 0 heteroatoms. The molecular formula is C68H52. The lowest BCUT2D eigenvalue weighted by Crippen LogP contribution is -2.15. The van der Waals surface area contributed by atoms with E-state index in [9.17, 15) is 0 Å². The number of aryl methyl sites for hydroxylation is 2. The minimum absolute atomic E-state index is 0.153. The van der Waals surface area contributed by atoms with E-state index < -0.39 is 0 Å². The Morgan fingerprint density at radius 1 is 0.250 bits per heavy atom. The lowest BCUT2D eigenvalue weighted by molar-refractivity contribution is 0.660. The zero-order valence-electron chi connectivity index (χ0n) is 39.6. The molecule has 0 heterocycles. The summed E-state index contributed by atoms with van der Waals surface area (Å²) in [6.07, 6.45) is 0. The minimum Gasteiger partial charge on any atom is -0.0622 e. The molecule has 13 rings (SSSR count). The maximum atomic E-state index is 2.54. The van der Waals surface area contributed by atoms with Crippen molar-refractivity contribution in [3.63, 3.8) is 0 Å². The summed E-state index contributed by atoms with van der Waals surface area (Å²) in [6.45, 7) is 14.0. The molecule has 68 heavy (non-hydrogen) atoms. The topological polar surface area (TPSA) is 0 Å². The molecule has 11 aromatic carbocycles. The molecule has 0 bridgehead atoms. The van der Waals surface area contributed by atoms with E-state index in [1.807, 2.05) is 0 Å². The zero-order valence-corrected chi connectivity index (χ0v) is 39.6. The zero-order chi connectivity index (χ0) is 46.1. The van der Waals surface area contributed by atoms with Gasteiger partial charge in [0.15, 0.2) is 0 Å². The molecule has 0 aromatic heterocycles. The number of benzene rings is 11. The first-order chi connectivity index (χ1) is 33.0. The maximum absolute atomic E-state index is 2.54. The van der Waals surface area contributed by atoms with Gasteiger partial charge in [0, 0.05) is 10.8 Å². The Balaban J connectivity index is 1.17. The third-order valence-corrected chi connectivity index (χ3v) is 15.7. The van der Waals surface area contributed by atoms with Crippen LogP contribution in [0.3, 0.4) is 0 Å². The molecule has 2 aliphatic carbocycles. The first-order valence-electron chi connectivity index (χ1n) is 24.2. The van der Waals surface area contributed by atoms with Gasteiger partial charge >= 0.3 is 0 Å². The second kappa shape index (κ2) is 14.9. The lowest BCUT2D eigenvalue weighted by Gasteiger charge is -2.25. The standard InChI is InChI=1S/C68H52/c1-41-32-42(2)34-50(33-41)46-24-28-51-52-29-25-47(58-36-45-19-11-10-18-44(45)35-57(58)43-16-8-7-9-17-43)38-60(52)66(49-27-31-56-54-21-13-15-23-62(54)68(5,6)64(56)40-49)65(59(51)37-46)48-26-30-55-53-20-12-14-22-61(53)67(3,4)63(55)39-48/h7-40H,1-6H3. The summed E-state index contributed by atoms with van der Waals surface area (Å²) in [7, 11) is 0. The van der Waals surface area contributed by atoms with E-state index in [4.69, 9.17) is 0 Å². The van der Waals surface area contributed by atoms with E-state index in [1.54, 1.807) is 0 Å². The van der Waals surface area contributed by atoms with Gasteiger partial charge in [0.25, 0.3) is 0 Å². The lowest BCUT2D eigenvalue weighted by atomic mass is 9.78. The van der Waals surface area contributed by atoms with E-state index >= 15 is 0 Å². The summed E-state index contributed by atoms with van der Waals surface area (Å²) in [5.41, 5.74) is 25.5. The van der Waals surface area contributed by atoms with Gasteiger partial charge in [0.1, 0.15) is 0 Å². The van der Waals surface area contributed by atoms with Crippen LogP contribution in [0.25, 0.3) is 110 Å². The average Bonchev–Trinajstić information content (AvgIpc) is 3.73. The summed E-state index contributed by atoms with van der Waals surface area (Å²) >= 11 is 0. The van der Waals surface area contributed by atoms with Crippen molar-refractivity contribution in [3.8, 4) is 77.9 Å². The normalized spacial score (nSPS) is 14.0. The maximum Gasteiger partial charge on any atom is 0.0159 e. The van der Waals surface area contributed by atoms with Crippen LogP contribution in [0, 0.1) is 13.8 Å². The van der Waals surface area contributed by atoms with Crippen molar-refractivity contribution in [1.82, 2.24) is 0 Å². The molecule has 0 spiro atoms. The molecule has 0 aliphatic heterocycles. The fourth-order valence-corrected chi connectivity index (χ4v) is 12.4. The van der Waals surface area contributed by atoms with Gasteiger partial charge in [-0.05, 0) is 183 Å². The first kappa shape index (κ1) is 40.5. The Morgan fingerprint density at radius 3 is 1.22 bits per heavy atom. The molecule has 11 aromatic rings. The van der Waals surface area contributed by atoms with Gasteiger partial charge < -0.3 is 0 Å². The Hall–Kier alpha value is -7.80. The molecule has 0 radical (unpaired) electrons. The predicted molar refractivity (Wildman–Crippen MR) is 291 cm³/mol. The summed E-state index contributed by atoms with van der Waals surface area (Å²) in [4.78, 5) is 0. The van der Waals surface area contributed by atoms with Gasteiger partial charge in [-0.2, -0.15) is 0 Å². The van der Waals surface area contributed by atoms with E-state index in [0.717, 1.165) is 0 Å². The van der Waals surface area contributed by atoms with Crippen LogP contribution < -0.4 is 0 Å². The molecule has 0 unspecified atom stereocenters. The van der Waals surface area contributed by atoms with E-state index in [0.29, 0.717) is 0 Å². The summed E-state index contributed by atoms with van der Waals surface area (Å²) < 4.78 is 0. The fraction of sp³-hybridized carbons (Fsp3) is 0.118. The first-order valence-corrected chi connectivity index (χ1v) is 24.2. The molecule has 0 saturated heterocycles. The number of hydrogen-bond acceptors (Lipinski definition) is 0. The molecular weight excluding hydrogens is 817 g/mol. The van der Waals surface area contributed by atoms with Crippen LogP contribution in [0.15, 0.2) is 206 Å². The van der Waals surface area contributed by atoms with Crippen molar-refractivity contribution in [1.29, 1.82) is 0 Å². The Kier molecular flexibility index (Phi) is 8.84. The van der Waals surface area contributed by atoms with Crippen molar-refractivity contribution >= 4 is 32.3 Å². The molecule has 0 nitrogen and oxygen atoms in total. The largest absolute Gasteiger partial charge is 0.0622 e. The van der Waals surface area contributed by atoms with Crippen molar-refractivity contribution in [2.24, 2.45) is 0 Å². The number of hydrogen-bond donors (Lipinski definition) is 0. The van der Waals surface area contributed by atoms with Gasteiger partial charge in [-0.15, -0.1) is 0 Å². The molecule has 0 saturated carbocycles. The van der Waals surface area contributed by atoms with Crippen LogP contribution in [0.1, 0.15) is 61.1 Å². The van der Waals surface area contributed by atoms with Crippen molar-refractivity contribution in [2.45, 2.75) is 52.4 Å². The summed E-state index contributed by atoms with van der Waals surface area (Å²) in [5.74, 6) is 0. The van der Waals surface area contributed by atoms with Crippen LogP contribution >= 0.6 is 0 Å². The molecule has 0 N–H and O–H groups in total. The van der Waals surface area contributed by atoms with Crippen molar-refractivity contribution in [3.05, 3.63) is 240 Å². The molecule has 0 fully saturated rings. The quantitative estimate of drug-likeness (QED) is 0.151. The third-order valence-electron chi connectivity index (χ3n) is 15.7. The Bertz CT molecular complexity index is 3890. The highest BCUT2D eigenvalue weighted by Crippen LogP contribution is 2.55. The third kappa shape index (κ3) is 6.06. The average molecular weight is 869 g/mol. The molecule has 324 valence electrons. The predicted octanol–water partition coefficient (Wildman–Crippen LogP) is 18.7. The van der Waals surface area contributed by atoms with Crippen LogP contribution in [0.2, 0.25) is 0 Å². The van der Waals surface area contributed by atoms with Crippen LogP contribution in [0.4, 0.5) is 0 Å². The van der Waals surface area contributed by atoms with Crippen LogP contribution in [-0.2, 0) is 10.8 Å². The van der Waals surface area contributed by atoms with E-state index in [-0.39, 0.29) is 10.8 Å². The van der Waals surface area contributed by atoms with E-state index in [2.05, 4.69) is 248 Å². The molecule has 0 amide bonds. The van der Waals surface area contributed by atoms with Crippen LogP contribution in [0.5, 0.6) is 0 Å². The van der Waals surface area contributed by atoms with Crippen molar-refractivity contribution < 1.29 is 0 Å². The fourth-order valence-electron chi connectivity index (χ4n) is 12.4. The van der Waals surface area contributed by atoms with Gasteiger partial charge in [0.2, 0.25) is 0 Å². The van der Waals surface area contributed by atoms with Gasteiger partial charge in [-0.25, -0.2) is 0 Å². The smallest absolute Gasteiger partial charge is 0.0159 e. The van der Waals surface area contributed by atoms with Crippen LogP contribution in [-0.4, -0.2) is 0 Å². The second-order valence-electron chi connectivity index (χ2n) is 20.6. The van der Waals surface area contributed by atoms with Gasteiger partial charge in [0.05, 0.1) is 0 Å².